The highest BCUT2D eigenvalue weighted by atomic mass is 14.9. The second kappa shape index (κ2) is 5.12. The van der Waals surface area contributed by atoms with E-state index >= 15 is 0 Å². The second-order valence-electron chi connectivity index (χ2n) is 4.19. The van der Waals surface area contributed by atoms with Crippen LogP contribution in [0.5, 0.6) is 0 Å². The van der Waals surface area contributed by atoms with Crippen molar-refractivity contribution in [3.63, 3.8) is 0 Å². The number of piperidine rings is 1. The van der Waals surface area contributed by atoms with E-state index in [-0.39, 0.29) is 0 Å². The normalized spacial score (nSPS) is 18.1. The molecule has 2 N–H and O–H groups in total. The number of allylic oxidation sites excluding steroid dienone is 1. The van der Waals surface area contributed by atoms with E-state index in [2.05, 4.69) is 40.4 Å². The number of hydrogen-bond acceptors (Lipinski definition) is 2. The molecule has 0 radical (unpaired) electrons. The fraction of sp³-hybridized carbons (Fsp3) is 0.462. The molecule has 1 fully saturated rings. The molecule has 1 aliphatic heterocycles. The summed E-state index contributed by atoms with van der Waals surface area (Å²) in [4.78, 5) is 7.24. The minimum Gasteiger partial charge on any atom is -0.346 e. The van der Waals surface area contributed by atoms with Crippen LogP contribution >= 0.6 is 0 Å². The predicted octanol–water partition coefficient (Wildman–Crippen LogP) is 2.85. The Labute approximate surface area is 96.7 Å². The van der Waals surface area contributed by atoms with E-state index < -0.39 is 0 Å². The minimum atomic E-state index is 0.652. The zero-order chi connectivity index (χ0) is 11.4. The van der Waals surface area contributed by atoms with Crippen molar-refractivity contribution >= 4 is 18.6 Å². The lowest BCUT2D eigenvalue weighted by molar-refractivity contribution is 0.460. The molecule has 3 nitrogen and oxygen atoms in total. The lowest BCUT2D eigenvalue weighted by Gasteiger charge is -2.22. The number of rotatable bonds is 3. The molecule has 0 amide bonds. The molecule has 0 unspecified atom stereocenters. The molecule has 0 spiro atoms. The van der Waals surface area contributed by atoms with E-state index in [0.29, 0.717) is 5.92 Å². The average Bonchev–Trinajstić information content (AvgIpc) is 2.74. The van der Waals surface area contributed by atoms with E-state index in [1.807, 2.05) is 6.92 Å². The van der Waals surface area contributed by atoms with Gasteiger partial charge in [0.15, 0.2) is 0 Å². The highest BCUT2D eigenvalue weighted by Gasteiger charge is 2.19. The van der Waals surface area contributed by atoms with Crippen molar-refractivity contribution in [3.05, 3.63) is 23.4 Å². The quantitative estimate of drug-likeness (QED) is 0.751. The van der Waals surface area contributed by atoms with E-state index in [1.54, 1.807) is 0 Å². The van der Waals surface area contributed by atoms with Gasteiger partial charge in [-0.2, -0.15) is 0 Å². The molecule has 1 saturated heterocycles. The standard InChI is InChI=1S/C13H19N3/c1-3-4-11-12(9-16-13(11)14-2)10-5-7-15-8-6-10/h3-4,9-10,15-16H,2,5-8H2,1H3/b4-3-. The summed E-state index contributed by atoms with van der Waals surface area (Å²) < 4.78 is 0. The number of H-pyrrole nitrogens is 1. The van der Waals surface area contributed by atoms with Gasteiger partial charge in [0.25, 0.3) is 0 Å². The van der Waals surface area contributed by atoms with Crippen molar-refractivity contribution in [1.82, 2.24) is 10.3 Å². The monoisotopic (exact) mass is 217 g/mol. The van der Waals surface area contributed by atoms with Gasteiger partial charge in [-0.3, -0.25) is 0 Å². The molecule has 0 atom stereocenters. The lowest BCUT2D eigenvalue weighted by Crippen LogP contribution is -2.26. The second-order valence-corrected chi connectivity index (χ2v) is 4.19. The minimum absolute atomic E-state index is 0.652. The molecule has 86 valence electrons. The van der Waals surface area contributed by atoms with Crippen molar-refractivity contribution in [3.8, 4) is 0 Å². The van der Waals surface area contributed by atoms with Gasteiger partial charge in [0, 0.05) is 11.8 Å². The zero-order valence-corrected chi connectivity index (χ0v) is 9.79. The summed E-state index contributed by atoms with van der Waals surface area (Å²) in [6.45, 7) is 7.86. The lowest BCUT2D eigenvalue weighted by atomic mass is 9.89. The Balaban J connectivity index is 2.31. The molecule has 3 heteroatoms. The molecular formula is C13H19N3. The molecule has 0 bridgehead atoms. The number of hydrogen-bond donors (Lipinski definition) is 2. The fourth-order valence-corrected chi connectivity index (χ4v) is 2.38. The number of aromatic amines is 1. The third-order valence-corrected chi connectivity index (χ3v) is 3.20. The van der Waals surface area contributed by atoms with Crippen LogP contribution in [-0.2, 0) is 0 Å². The predicted molar refractivity (Wildman–Crippen MR) is 69.6 cm³/mol. The Hall–Kier alpha value is -1.35. The van der Waals surface area contributed by atoms with Gasteiger partial charge in [-0.05, 0) is 51.1 Å². The van der Waals surface area contributed by atoms with Crippen LogP contribution in [0.4, 0.5) is 5.82 Å². The summed E-state index contributed by atoms with van der Waals surface area (Å²) in [6, 6.07) is 0. The molecule has 2 rings (SSSR count). The van der Waals surface area contributed by atoms with Gasteiger partial charge in [-0.25, -0.2) is 4.99 Å². The number of nitrogens with one attached hydrogen (secondary N) is 2. The van der Waals surface area contributed by atoms with E-state index in [9.17, 15) is 0 Å². The number of nitrogens with zero attached hydrogens (tertiary/aromatic N) is 1. The average molecular weight is 217 g/mol. The fourth-order valence-electron chi connectivity index (χ4n) is 2.38. The molecule has 0 aliphatic carbocycles. The van der Waals surface area contributed by atoms with Crippen molar-refractivity contribution in [2.45, 2.75) is 25.7 Å². The summed E-state index contributed by atoms with van der Waals surface area (Å²) in [5.41, 5.74) is 2.60. The van der Waals surface area contributed by atoms with Crippen LogP contribution in [0.25, 0.3) is 6.08 Å². The Kier molecular flexibility index (Phi) is 3.57. The third kappa shape index (κ3) is 2.09. The van der Waals surface area contributed by atoms with E-state index in [4.69, 9.17) is 0 Å². The van der Waals surface area contributed by atoms with Crippen LogP contribution in [0, 0.1) is 0 Å². The van der Waals surface area contributed by atoms with Gasteiger partial charge in [0.2, 0.25) is 0 Å². The van der Waals surface area contributed by atoms with E-state index in [0.717, 1.165) is 18.9 Å². The number of aromatic nitrogens is 1. The first kappa shape index (κ1) is 11.1. The molecule has 16 heavy (non-hydrogen) atoms. The third-order valence-electron chi connectivity index (χ3n) is 3.20. The molecule has 1 aromatic heterocycles. The van der Waals surface area contributed by atoms with Gasteiger partial charge >= 0.3 is 0 Å². The summed E-state index contributed by atoms with van der Waals surface area (Å²) in [5, 5.41) is 3.39. The Morgan fingerprint density at radius 3 is 2.81 bits per heavy atom. The largest absolute Gasteiger partial charge is 0.346 e. The maximum Gasteiger partial charge on any atom is 0.136 e. The van der Waals surface area contributed by atoms with Gasteiger partial charge in [-0.15, -0.1) is 0 Å². The van der Waals surface area contributed by atoms with Crippen LogP contribution in [0.2, 0.25) is 0 Å². The molecular weight excluding hydrogens is 198 g/mol. The molecule has 0 saturated carbocycles. The van der Waals surface area contributed by atoms with Crippen molar-refractivity contribution in [2.75, 3.05) is 13.1 Å². The van der Waals surface area contributed by atoms with E-state index in [1.165, 1.54) is 24.0 Å². The SMILES string of the molecule is C=Nc1[nH]cc(C2CCNCC2)c1/C=C\C. The summed E-state index contributed by atoms with van der Waals surface area (Å²) >= 11 is 0. The highest BCUT2D eigenvalue weighted by Crippen LogP contribution is 2.33. The summed E-state index contributed by atoms with van der Waals surface area (Å²) in [7, 11) is 0. The van der Waals surface area contributed by atoms with Crippen LogP contribution < -0.4 is 5.32 Å². The maximum absolute atomic E-state index is 4.03. The maximum atomic E-state index is 4.03. The van der Waals surface area contributed by atoms with Crippen molar-refractivity contribution in [1.29, 1.82) is 0 Å². The zero-order valence-electron chi connectivity index (χ0n) is 9.79. The van der Waals surface area contributed by atoms with Gasteiger partial charge in [0.05, 0.1) is 0 Å². The molecule has 2 heterocycles. The van der Waals surface area contributed by atoms with Gasteiger partial charge < -0.3 is 10.3 Å². The first-order valence-electron chi connectivity index (χ1n) is 5.88. The van der Waals surface area contributed by atoms with Crippen LogP contribution in [0.15, 0.2) is 17.3 Å². The Morgan fingerprint density at radius 1 is 1.44 bits per heavy atom. The van der Waals surface area contributed by atoms with Crippen LogP contribution in [0.1, 0.15) is 36.8 Å². The van der Waals surface area contributed by atoms with Gasteiger partial charge in [-0.1, -0.05) is 12.2 Å². The summed E-state index contributed by atoms with van der Waals surface area (Å²) in [6.07, 6.45) is 8.69. The van der Waals surface area contributed by atoms with Crippen molar-refractivity contribution < 1.29 is 0 Å². The van der Waals surface area contributed by atoms with Crippen LogP contribution in [-0.4, -0.2) is 24.8 Å². The topological polar surface area (TPSA) is 40.2 Å². The first-order chi connectivity index (χ1) is 7.86. The summed E-state index contributed by atoms with van der Waals surface area (Å²) in [5.74, 6) is 1.55. The highest BCUT2D eigenvalue weighted by molar-refractivity contribution is 5.67. The molecule has 1 aromatic rings. The van der Waals surface area contributed by atoms with Gasteiger partial charge in [0.1, 0.15) is 5.82 Å². The Bertz CT molecular complexity index is 384. The number of aliphatic imine (C=N–C) groups is 1. The smallest absolute Gasteiger partial charge is 0.136 e. The van der Waals surface area contributed by atoms with Crippen LogP contribution in [0.3, 0.4) is 0 Å². The first-order valence-corrected chi connectivity index (χ1v) is 5.88. The molecule has 0 aromatic carbocycles. The Morgan fingerprint density at radius 2 is 2.19 bits per heavy atom. The molecule has 1 aliphatic rings. The van der Waals surface area contributed by atoms with Crippen molar-refractivity contribution in [2.24, 2.45) is 4.99 Å².